The third kappa shape index (κ3) is 3.19. The van der Waals surface area contributed by atoms with Gasteiger partial charge in [-0.15, -0.1) is 11.6 Å². The quantitative estimate of drug-likeness (QED) is 0.845. The van der Waals surface area contributed by atoms with Gasteiger partial charge >= 0.3 is 0 Å². The van der Waals surface area contributed by atoms with Crippen molar-refractivity contribution in [3.63, 3.8) is 0 Å². The minimum Gasteiger partial charge on any atom is -0.207 e. The first-order valence-corrected chi connectivity index (χ1v) is 9.10. The van der Waals surface area contributed by atoms with Crippen LogP contribution in [0.25, 0.3) is 0 Å². The van der Waals surface area contributed by atoms with Crippen LogP contribution in [0.4, 0.5) is 0 Å². The Morgan fingerprint density at radius 3 is 2.18 bits per heavy atom. The van der Waals surface area contributed by atoms with Crippen molar-refractivity contribution in [1.29, 1.82) is 0 Å². The lowest BCUT2D eigenvalue weighted by molar-refractivity contribution is 0.540. The van der Waals surface area contributed by atoms with E-state index in [1.54, 1.807) is 24.3 Å². The van der Waals surface area contributed by atoms with Gasteiger partial charge in [-0.1, -0.05) is 48.0 Å². The molecule has 1 N–H and O–H groups in total. The number of nitrogens with one attached hydrogen (secondary N) is 1. The summed E-state index contributed by atoms with van der Waals surface area (Å²) in [6.07, 6.45) is 1.62. The average Bonchev–Trinajstić information content (AvgIpc) is 3.25. The van der Waals surface area contributed by atoms with Gasteiger partial charge in [0, 0.05) is 0 Å². The van der Waals surface area contributed by atoms with E-state index in [0.717, 1.165) is 24.0 Å². The number of alkyl halides is 1. The molecule has 1 fully saturated rings. The van der Waals surface area contributed by atoms with Crippen molar-refractivity contribution >= 4 is 21.6 Å². The van der Waals surface area contributed by atoms with Crippen LogP contribution in [-0.4, -0.2) is 13.3 Å². The van der Waals surface area contributed by atoms with Gasteiger partial charge in [0.25, 0.3) is 0 Å². The normalized spacial score (nSPS) is 17.9. The molecule has 0 aromatic heterocycles. The molecule has 1 atom stereocenters. The van der Waals surface area contributed by atoms with E-state index in [0.29, 0.717) is 0 Å². The molecule has 1 saturated carbocycles. The molecule has 2 aromatic rings. The van der Waals surface area contributed by atoms with E-state index in [1.165, 1.54) is 0 Å². The third-order valence-electron chi connectivity index (χ3n) is 3.98. The third-order valence-corrected chi connectivity index (χ3v) is 6.02. The molecule has 2 aromatic carbocycles. The number of aryl methyl sites for hydroxylation is 1. The Morgan fingerprint density at radius 1 is 1.05 bits per heavy atom. The minimum atomic E-state index is -3.60. The van der Waals surface area contributed by atoms with Gasteiger partial charge < -0.3 is 0 Å². The van der Waals surface area contributed by atoms with Crippen LogP contribution in [0, 0.1) is 6.92 Å². The number of sulfonamides is 1. The largest absolute Gasteiger partial charge is 0.241 e. The highest BCUT2D eigenvalue weighted by Crippen LogP contribution is 2.52. The molecule has 0 aliphatic heterocycles. The topological polar surface area (TPSA) is 46.2 Å². The van der Waals surface area contributed by atoms with Crippen molar-refractivity contribution in [2.45, 2.75) is 35.6 Å². The Morgan fingerprint density at radius 2 is 1.64 bits per heavy atom. The Hall–Kier alpha value is -1.36. The minimum absolute atomic E-state index is 0.264. The second-order valence-corrected chi connectivity index (χ2v) is 8.28. The highest BCUT2D eigenvalue weighted by molar-refractivity contribution is 7.89. The summed E-state index contributed by atoms with van der Waals surface area (Å²) in [5.41, 5.74) is 1.92. The summed E-state index contributed by atoms with van der Waals surface area (Å²) < 4.78 is 28.1. The van der Waals surface area contributed by atoms with Gasteiger partial charge in [0.1, 0.15) is 0 Å². The van der Waals surface area contributed by atoms with E-state index in [4.69, 9.17) is 11.6 Å². The van der Waals surface area contributed by atoms with Gasteiger partial charge in [-0.2, -0.15) is 0 Å². The highest BCUT2D eigenvalue weighted by atomic mass is 35.5. The van der Waals surface area contributed by atoms with E-state index in [1.807, 2.05) is 37.3 Å². The monoisotopic (exact) mass is 335 g/mol. The lowest BCUT2D eigenvalue weighted by atomic mass is 10.0. The molecular formula is C17H18ClNO2S. The molecular weight excluding hydrogens is 318 g/mol. The van der Waals surface area contributed by atoms with E-state index in [9.17, 15) is 8.42 Å². The summed E-state index contributed by atoms with van der Waals surface area (Å²) in [5, 5.41) is 0. The van der Waals surface area contributed by atoms with Crippen molar-refractivity contribution in [3.8, 4) is 0 Å². The zero-order valence-electron chi connectivity index (χ0n) is 12.3. The highest BCUT2D eigenvalue weighted by Gasteiger charge is 2.50. The first-order chi connectivity index (χ1) is 10.4. The molecule has 3 rings (SSSR count). The molecule has 0 heterocycles. The molecule has 0 amide bonds. The molecule has 1 unspecified atom stereocenters. The SMILES string of the molecule is Cc1ccc(S(=O)(=O)NC(c2ccccc2)C2(Cl)CC2)cc1. The van der Waals surface area contributed by atoms with Crippen molar-refractivity contribution in [1.82, 2.24) is 4.72 Å². The van der Waals surface area contributed by atoms with E-state index in [-0.39, 0.29) is 4.90 Å². The van der Waals surface area contributed by atoms with Gasteiger partial charge in [-0.3, -0.25) is 0 Å². The summed E-state index contributed by atoms with van der Waals surface area (Å²) in [4.78, 5) is -0.251. The molecule has 0 spiro atoms. The molecule has 0 bridgehead atoms. The van der Waals surface area contributed by atoms with Crippen molar-refractivity contribution in [3.05, 3.63) is 65.7 Å². The van der Waals surface area contributed by atoms with Crippen LogP contribution in [0.15, 0.2) is 59.5 Å². The van der Waals surface area contributed by atoms with Crippen LogP contribution in [0.3, 0.4) is 0 Å². The van der Waals surface area contributed by atoms with Gasteiger partial charge in [0.2, 0.25) is 10.0 Å². The molecule has 0 saturated heterocycles. The van der Waals surface area contributed by atoms with Crippen molar-refractivity contribution in [2.75, 3.05) is 0 Å². The molecule has 3 nitrogen and oxygen atoms in total. The van der Waals surface area contributed by atoms with Gasteiger partial charge in [0.05, 0.1) is 15.8 Å². The molecule has 22 heavy (non-hydrogen) atoms. The summed E-state index contributed by atoms with van der Waals surface area (Å²) >= 11 is 6.54. The number of hydrogen-bond acceptors (Lipinski definition) is 2. The number of rotatable bonds is 5. The van der Waals surface area contributed by atoms with Crippen LogP contribution in [0.1, 0.15) is 30.0 Å². The first-order valence-electron chi connectivity index (χ1n) is 7.24. The standard InChI is InChI=1S/C17H18ClNO2S/c1-13-7-9-15(10-8-13)22(20,21)19-16(17(18)11-12-17)14-5-3-2-4-6-14/h2-10,16,19H,11-12H2,1H3. The number of benzene rings is 2. The fourth-order valence-electron chi connectivity index (χ4n) is 2.47. The molecule has 5 heteroatoms. The van der Waals surface area contributed by atoms with E-state index in [2.05, 4.69) is 4.72 Å². The maximum absolute atomic E-state index is 12.6. The van der Waals surface area contributed by atoms with Crippen LogP contribution < -0.4 is 4.72 Å². The second-order valence-electron chi connectivity index (χ2n) is 5.81. The van der Waals surface area contributed by atoms with Crippen molar-refractivity contribution in [2.24, 2.45) is 0 Å². The van der Waals surface area contributed by atoms with Gasteiger partial charge in [0.15, 0.2) is 0 Å². The maximum Gasteiger partial charge on any atom is 0.241 e. The zero-order chi connectivity index (χ0) is 15.8. The fraction of sp³-hybridized carbons (Fsp3) is 0.294. The lowest BCUT2D eigenvalue weighted by Crippen LogP contribution is -2.35. The first kappa shape index (κ1) is 15.5. The predicted octanol–water partition coefficient (Wildman–Crippen LogP) is 3.79. The molecule has 0 radical (unpaired) electrons. The summed E-state index contributed by atoms with van der Waals surface area (Å²) in [5.74, 6) is 0. The van der Waals surface area contributed by atoms with Crippen LogP contribution in [0.5, 0.6) is 0 Å². The van der Waals surface area contributed by atoms with Gasteiger partial charge in [-0.25, -0.2) is 13.1 Å². The second kappa shape index (κ2) is 5.69. The Bertz CT molecular complexity index is 753. The summed E-state index contributed by atoms with van der Waals surface area (Å²) in [6.45, 7) is 1.93. The lowest BCUT2D eigenvalue weighted by Gasteiger charge is -2.23. The average molecular weight is 336 g/mol. The van der Waals surface area contributed by atoms with Crippen molar-refractivity contribution < 1.29 is 8.42 Å². The summed E-state index contributed by atoms with van der Waals surface area (Å²) in [6, 6.07) is 15.9. The van der Waals surface area contributed by atoms with Crippen LogP contribution in [0.2, 0.25) is 0 Å². The Labute approximate surface area is 136 Å². The molecule has 1 aliphatic rings. The smallest absolute Gasteiger partial charge is 0.207 e. The van der Waals surface area contributed by atoms with Gasteiger partial charge in [-0.05, 0) is 37.5 Å². The predicted molar refractivity (Wildman–Crippen MR) is 88.5 cm³/mol. The van der Waals surface area contributed by atoms with Crippen LogP contribution >= 0.6 is 11.6 Å². The van der Waals surface area contributed by atoms with Crippen LogP contribution in [-0.2, 0) is 10.0 Å². The number of halogens is 1. The Balaban J connectivity index is 1.92. The number of hydrogen-bond donors (Lipinski definition) is 1. The van der Waals surface area contributed by atoms with E-state index >= 15 is 0 Å². The zero-order valence-corrected chi connectivity index (χ0v) is 13.9. The fourth-order valence-corrected chi connectivity index (χ4v) is 4.11. The maximum atomic E-state index is 12.6. The Kier molecular flexibility index (Phi) is 4.02. The summed E-state index contributed by atoms with van der Waals surface area (Å²) in [7, 11) is -3.60. The van der Waals surface area contributed by atoms with E-state index < -0.39 is 20.9 Å². The molecule has 116 valence electrons. The molecule has 1 aliphatic carbocycles.